The molecule has 1 aromatic rings. The van der Waals surface area contributed by atoms with Crippen LogP contribution in [0, 0.1) is 5.92 Å². The molecule has 1 saturated heterocycles. The van der Waals surface area contributed by atoms with E-state index < -0.39 is 0 Å². The van der Waals surface area contributed by atoms with Crippen molar-refractivity contribution in [3.63, 3.8) is 0 Å². The van der Waals surface area contributed by atoms with E-state index in [2.05, 4.69) is 5.32 Å². The van der Waals surface area contributed by atoms with Crippen molar-refractivity contribution in [1.82, 2.24) is 4.90 Å². The number of thioether (sulfide) groups is 1. The number of para-hydroxylation sites is 1. The van der Waals surface area contributed by atoms with Gasteiger partial charge in [-0.1, -0.05) is 12.1 Å². The molecule has 0 unspecified atom stereocenters. The molecule has 0 bridgehead atoms. The molecular weight excluding hydrogens is 300 g/mol. The minimum Gasteiger partial charge on any atom is -0.381 e. The van der Waals surface area contributed by atoms with Crippen molar-refractivity contribution >= 4 is 29.3 Å². The number of ether oxygens (including phenoxy) is 1. The van der Waals surface area contributed by atoms with Crippen LogP contribution in [0.4, 0.5) is 5.69 Å². The van der Waals surface area contributed by atoms with Gasteiger partial charge in [0.15, 0.2) is 0 Å². The van der Waals surface area contributed by atoms with E-state index in [0.29, 0.717) is 13.2 Å². The maximum absolute atomic E-state index is 12.3. The van der Waals surface area contributed by atoms with Gasteiger partial charge in [0.2, 0.25) is 11.8 Å². The predicted molar refractivity (Wildman–Crippen MR) is 88.0 cm³/mol. The van der Waals surface area contributed by atoms with Crippen molar-refractivity contribution in [3.05, 3.63) is 24.3 Å². The molecule has 1 aliphatic heterocycles. The number of hydrogen-bond acceptors (Lipinski definition) is 4. The zero-order valence-corrected chi connectivity index (χ0v) is 13.8. The van der Waals surface area contributed by atoms with Gasteiger partial charge < -0.3 is 15.0 Å². The quantitative estimate of drug-likeness (QED) is 0.845. The van der Waals surface area contributed by atoms with Gasteiger partial charge in [0.05, 0.1) is 12.2 Å². The lowest BCUT2D eigenvalue weighted by Gasteiger charge is -2.26. The summed E-state index contributed by atoms with van der Waals surface area (Å²) in [6.07, 6.45) is 3.44. The third-order valence-electron chi connectivity index (χ3n) is 3.71. The number of carbonyl (C=O) groups excluding carboxylic acids is 2. The highest BCUT2D eigenvalue weighted by Gasteiger charge is 2.25. The predicted octanol–water partition coefficient (Wildman–Crippen LogP) is 2.23. The molecule has 0 saturated carbocycles. The highest BCUT2D eigenvalue weighted by Crippen LogP contribution is 2.24. The second kappa shape index (κ2) is 8.19. The molecule has 6 heteroatoms. The fraction of sp³-hybridized carbons (Fsp3) is 0.500. The van der Waals surface area contributed by atoms with E-state index in [1.165, 1.54) is 4.90 Å². The molecule has 0 aliphatic carbocycles. The Bertz CT molecular complexity index is 530. The molecule has 120 valence electrons. The molecule has 1 fully saturated rings. The standard InChI is InChI=1S/C16H22N2O3S/c1-18(16(20)12-7-9-21-10-8-12)11-15(19)17-13-5-3-4-6-14(13)22-2/h3-6,12H,7-11H2,1-2H3,(H,17,19). The van der Waals surface area contributed by atoms with Crippen LogP contribution in [0.15, 0.2) is 29.2 Å². The summed E-state index contributed by atoms with van der Waals surface area (Å²) < 4.78 is 5.26. The Kier molecular flexibility index (Phi) is 6.27. The smallest absolute Gasteiger partial charge is 0.244 e. The summed E-state index contributed by atoms with van der Waals surface area (Å²) in [5.74, 6) is -0.175. The van der Waals surface area contributed by atoms with Gasteiger partial charge in [0.1, 0.15) is 0 Å². The SMILES string of the molecule is CSc1ccccc1NC(=O)CN(C)C(=O)C1CCOCC1. The normalized spacial score (nSPS) is 15.4. The number of likely N-dealkylation sites (N-methyl/N-ethyl adjacent to an activating group) is 1. The van der Waals surface area contributed by atoms with Gasteiger partial charge in [-0.15, -0.1) is 11.8 Å². The van der Waals surface area contributed by atoms with Crippen LogP contribution in [0.2, 0.25) is 0 Å². The first-order valence-corrected chi connectivity index (χ1v) is 8.60. The molecule has 1 heterocycles. The number of carbonyl (C=O) groups is 2. The van der Waals surface area contributed by atoms with Crippen LogP contribution in [-0.4, -0.2) is 49.8 Å². The fourth-order valence-corrected chi connectivity index (χ4v) is 3.04. The van der Waals surface area contributed by atoms with Gasteiger partial charge in [-0.25, -0.2) is 0 Å². The molecule has 22 heavy (non-hydrogen) atoms. The van der Waals surface area contributed by atoms with Crippen LogP contribution >= 0.6 is 11.8 Å². The lowest BCUT2D eigenvalue weighted by Crippen LogP contribution is -2.40. The molecule has 2 amide bonds. The van der Waals surface area contributed by atoms with Gasteiger partial charge in [-0.2, -0.15) is 0 Å². The van der Waals surface area contributed by atoms with Crippen molar-refractivity contribution in [2.45, 2.75) is 17.7 Å². The fourth-order valence-electron chi connectivity index (χ4n) is 2.49. The van der Waals surface area contributed by atoms with Gasteiger partial charge in [-0.05, 0) is 31.2 Å². The number of nitrogens with zero attached hydrogens (tertiary/aromatic N) is 1. The van der Waals surface area contributed by atoms with Crippen molar-refractivity contribution in [3.8, 4) is 0 Å². The van der Waals surface area contributed by atoms with E-state index in [0.717, 1.165) is 23.4 Å². The number of amides is 2. The summed E-state index contributed by atoms with van der Waals surface area (Å²) >= 11 is 1.58. The Morgan fingerprint density at radius 1 is 1.32 bits per heavy atom. The van der Waals surface area contributed by atoms with E-state index in [-0.39, 0.29) is 24.3 Å². The Morgan fingerprint density at radius 2 is 2.00 bits per heavy atom. The van der Waals surface area contributed by atoms with Crippen LogP contribution in [0.5, 0.6) is 0 Å². The minimum absolute atomic E-state index is 0.0231. The van der Waals surface area contributed by atoms with Gasteiger partial charge in [0, 0.05) is 31.1 Å². The van der Waals surface area contributed by atoms with Crippen LogP contribution in [0.1, 0.15) is 12.8 Å². The van der Waals surface area contributed by atoms with E-state index in [9.17, 15) is 9.59 Å². The highest BCUT2D eigenvalue weighted by molar-refractivity contribution is 7.98. The maximum atomic E-state index is 12.3. The van der Waals surface area contributed by atoms with Crippen LogP contribution in [0.3, 0.4) is 0 Å². The van der Waals surface area contributed by atoms with E-state index in [1.54, 1.807) is 18.8 Å². The molecule has 0 spiro atoms. The van der Waals surface area contributed by atoms with Gasteiger partial charge in [-0.3, -0.25) is 9.59 Å². The third-order valence-corrected chi connectivity index (χ3v) is 4.50. The third kappa shape index (κ3) is 4.48. The van der Waals surface area contributed by atoms with E-state index >= 15 is 0 Å². The molecule has 5 nitrogen and oxygen atoms in total. The van der Waals surface area contributed by atoms with Crippen LogP contribution in [-0.2, 0) is 14.3 Å². The maximum Gasteiger partial charge on any atom is 0.244 e. The summed E-state index contributed by atoms with van der Waals surface area (Å²) in [6, 6.07) is 7.63. The molecule has 0 aromatic heterocycles. The van der Waals surface area contributed by atoms with Crippen molar-refractivity contribution < 1.29 is 14.3 Å². The van der Waals surface area contributed by atoms with Crippen molar-refractivity contribution in [2.75, 3.05) is 38.4 Å². The summed E-state index contributed by atoms with van der Waals surface area (Å²) in [7, 11) is 1.68. The van der Waals surface area contributed by atoms with E-state index in [1.807, 2.05) is 30.5 Å². The molecule has 1 aromatic carbocycles. The monoisotopic (exact) mass is 322 g/mol. The molecule has 1 aliphatic rings. The first kappa shape index (κ1) is 16.8. The minimum atomic E-state index is -0.176. The number of rotatable bonds is 5. The molecular formula is C16H22N2O3S. The summed E-state index contributed by atoms with van der Waals surface area (Å²) in [6.45, 7) is 1.31. The second-order valence-corrected chi connectivity index (χ2v) is 6.18. The molecule has 1 N–H and O–H groups in total. The van der Waals surface area contributed by atoms with Crippen molar-refractivity contribution in [2.24, 2.45) is 5.92 Å². The topological polar surface area (TPSA) is 58.6 Å². The molecule has 0 atom stereocenters. The average molecular weight is 322 g/mol. The number of hydrogen-bond donors (Lipinski definition) is 1. The highest BCUT2D eigenvalue weighted by atomic mass is 32.2. The Balaban J connectivity index is 1.89. The first-order valence-electron chi connectivity index (χ1n) is 7.37. The average Bonchev–Trinajstić information content (AvgIpc) is 2.55. The summed E-state index contributed by atoms with van der Waals surface area (Å²) in [5.41, 5.74) is 0.784. The van der Waals surface area contributed by atoms with Crippen LogP contribution in [0.25, 0.3) is 0 Å². The molecule has 0 radical (unpaired) electrons. The summed E-state index contributed by atoms with van der Waals surface area (Å²) in [5, 5.41) is 2.87. The Hall–Kier alpha value is -1.53. The second-order valence-electron chi connectivity index (χ2n) is 5.33. The Labute approximate surface area is 135 Å². The zero-order valence-electron chi connectivity index (χ0n) is 13.0. The number of anilines is 1. The molecule has 2 rings (SSSR count). The van der Waals surface area contributed by atoms with Crippen LogP contribution < -0.4 is 5.32 Å². The van der Waals surface area contributed by atoms with Gasteiger partial charge >= 0.3 is 0 Å². The largest absolute Gasteiger partial charge is 0.381 e. The number of nitrogens with one attached hydrogen (secondary N) is 1. The Morgan fingerprint density at radius 3 is 2.68 bits per heavy atom. The zero-order chi connectivity index (χ0) is 15.9. The van der Waals surface area contributed by atoms with Crippen molar-refractivity contribution in [1.29, 1.82) is 0 Å². The first-order chi connectivity index (χ1) is 10.6. The lowest BCUT2D eigenvalue weighted by atomic mass is 9.99. The van der Waals surface area contributed by atoms with Gasteiger partial charge in [0.25, 0.3) is 0 Å². The van der Waals surface area contributed by atoms with E-state index in [4.69, 9.17) is 4.74 Å². The lowest BCUT2D eigenvalue weighted by molar-refractivity contribution is -0.139. The summed E-state index contributed by atoms with van der Waals surface area (Å²) in [4.78, 5) is 27.0. The number of benzene rings is 1.